The molecule has 0 aliphatic rings. The van der Waals surface area contributed by atoms with Gasteiger partial charge in [-0.25, -0.2) is 0 Å². The highest BCUT2D eigenvalue weighted by molar-refractivity contribution is 5.76. The third kappa shape index (κ3) is 1.94. The lowest BCUT2D eigenvalue weighted by Crippen LogP contribution is -2.32. The van der Waals surface area contributed by atoms with Crippen LogP contribution in [-0.4, -0.2) is 32.5 Å². The Kier molecular flexibility index (Phi) is 2.34. The number of carboxylic acids is 1. The van der Waals surface area contributed by atoms with Crippen LogP contribution in [0.15, 0.2) is 18.2 Å². The molecule has 15 heavy (non-hydrogen) atoms. The third-order valence-corrected chi connectivity index (χ3v) is 2.15. The summed E-state index contributed by atoms with van der Waals surface area (Å²) in [6.07, 6.45) is 0.290. The van der Waals surface area contributed by atoms with Crippen molar-refractivity contribution in [3.05, 3.63) is 23.8 Å². The molecule has 0 fully saturated rings. The summed E-state index contributed by atoms with van der Waals surface area (Å²) in [6, 6.07) is 4.48. The van der Waals surface area contributed by atoms with Gasteiger partial charge in [-0.3, -0.25) is 4.79 Å². The Morgan fingerprint density at radius 3 is 2.93 bits per heavy atom. The van der Waals surface area contributed by atoms with Crippen molar-refractivity contribution in [2.45, 2.75) is 12.5 Å². The predicted molar refractivity (Wildman–Crippen MR) is 53.2 cm³/mol. The second-order valence-corrected chi connectivity index (χ2v) is 3.30. The average molecular weight is 206 g/mol. The molecular formula is C9H10N4O2. The van der Waals surface area contributed by atoms with Crippen molar-refractivity contribution >= 4 is 17.0 Å². The van der Waals surface area contributed by atoms with E-state index in [0.717, 1.165) is 11.1 Å². The van der Waals surface area contributed by atoms with Crippen LogP contribution in [-0.2, 0) is 11.2 Å². The summed E-state index contributed by atoms with van der Waals surface area (Å²) < 4.78 is 0. The highest BCUT2D eigenvalue weighted by Crippen LogP contribution is 2.11. The molecular weight excluding hydrogens is 196 g/mol. The number of hydrogen-bond acceptors (Lipinski definition) is 4. The van der Waals surface area contributed by atoms with Gasteiger partial charge in [0.25, 0.3) is 0 Å². The van der Waals surface area contributed by atoms with Crippen molar-refractivity contribution in [1.29, 1.82) is 0 Å². The van der Waals surface area contributed by atoms with Crippen LogP contribution in [0.5, 0.6) is 0 Å². The molecule has 0 spiro atoms. The Hall–Kier alpha value is -1.95. The minimum Gasteiger partial charge on any atom is -0.480 e. The van der Waals surface area contributed by atoms with Crippen molar-refractivity contribution in [1.82, 2.24) is 15.4 Å². The zero-order valence-electron chi connectivity index (χ0n) is 7.84. The Morgan fingerprint density at radius 2 is 2.20 bits per heavy atom. The SMILES string of the molecule is NC(Cc1ccc2n[nH]nc2c1)C(=O)O. The summed E-state index contributed by atoms with van der Waals surface area (Å²) in [5.41, 5.74) is 7.73. The molecule has 0 bridgehead atoms. The van der Waals surface area contributed by atoms with E-state index in [1.54, 1.807) is 18.2 Å². The van der Waals surface area contributed by atoms with Gasteiger partial charge in [-0.1, -0.05) is 6.07 Å². The lowest BCUT2D eigenvalue weighted by Gasteiger charge is -2.05. The number of aromatic amines is 1. The van der Waals surface area contributed by atoms with Gasteiger partial charge in [-0.05, 0) is 24.1 Å². The van der Waals surface area contributed by atoms with Gasteiger partial charge in [-0.2, -0.15) is 15.4 Å². The number of carboxylic acid groups (broad SMARTS) is 1. The quantitative estimate of drug-likeness (QED) is 0.651. The highest BCUT2D eigenvalue weighted by Gasteiger charge is 2.12. The maximum absolute atomic E-state index is 10.6. The number of fused-ring (bicyclic) bond motifs is 1. The van der Waals surface area contributed by atoms with E-state index in [0.29, 0.717) is 5.52 Å². The second-order valence-electron chi connectivity index (χ2n) is 3.30. The number of benzene rings is 1. The molecule has 0 aliphatic heterocycles. The number of rotatable bonds is 3. The van der Waals surface area contributed by atoms with E-state index in [4.69, 9.17) is 10.8 Å². The normalized spacial score (nSPS) is 12.9. The van der Waals surface area contributed by atoms with Crippen LogP contribution in [0.1, 0.15) is 5.56 Å². The van der Waals surface area contributed by atoms with Crippen molar-refractivity contribution < 1.29 is 9.90 Å². The van der Waals surface area contributed by atoms with Gasteiger partial charge < -0.3 is 10.8 Å². The molecule has 2 aromatic rings. The number of nitrogens with two attached hydrogens (primary N) is 1. The molecule has 1 heterocycles. The van der Waals surface area contributed by atoms with Crippen LogP contribution in [0.3, 0.4) is 0 Å². The topological polar surface area (TPSA) is 105 Å². The molecule has 4 N–H and O–H groups in total. The Labute approximate surface area is 85.1 Å². The van der Waals surface area contributed by atoms with Crippen molar-refractivity contribution in [3.8, 4) is 0 Å². The second kappa shape index (κ2) is 3.66. The first-order valence-electron chi connectivity index (χ1n) is 4.44. The molecule has 2 rings (SSSR count). The fraction of sp³-hybridized carbons (Fsp3) is 0.222. The largest absolute Gasteiger partial charge is 0.480 e. The van der Waals surface area contributed by atoms with Crippen LogP contribution in [0.4, 0.5) is 0 Å². The summed E-state index contributed by atoms with van der Waals surface area (Å²) in [5, 5.41) is 18.9. The molecule has 1 aromatic carbocycles. The smallest absolute Gasteiger partial charge is 0.320 e. The lowest BCUT2D eigenvalue weighted by molar-refractivity contribution is -0.138. The summed E-state index contributed by atoms with van der Waals surface area (Å²) in [7, 11) is 0. The summed E-state index contributed by atoms with van der Waals surface area (Å²) >= 11 is 0. The summed E-state index contributed by atoms with van der Waals surface area (Å²) in [6.45, 7) is 0. The number of aliphatic carboxylic acids is 1. The minimum atomic E-state index is -1.00. The van der Waals surface area contributed by atoms with Crippen molar-refractivity contribution in [2.24, 2.45) is 5.73 Å². The summed E-state index contributed by atoms with van der Waals surface area (Å²) in [5.74, 6) is -1.00. The zero-order valence-corrected chi connectivity index (χ0v) is 7.84. The van der Waals surface area contributed by atoms with E-state index >= 15 is 0 Å². The van der Waals surface area contributed by atoms with E-state index in [-0.39, 0.29) is 6.42 Å². The predicted octanol–water partition coefficient (Wildman–Crippen LogP) is -0.0877. The van der Waals surface area contributed by atoms with Gasteiger partial charge >= 0.3 is 5.97 Å². The first-order valence-corrected chi connectivity index (χ1v) is 4.44. The van der Waals surface area contributed by atoms with Crippen LogP contribution in [0.2, 0.25) is 0 Å². The van der Waals surface area contributed by atoms with Gasteiger partial charge in [0.2, 0.25) is 0 Å². The summed E-state index contributed by atoms with van der Waals surface area (Å²) in [4.78, 5) is 10.6. The van der Waals surface area contributed by atoms with Crippen LogP contribution in [0.25, 0.3) is 11.0 Å². The molecule has 6 nitrogen and oxygen atoms in total. The van der Waals surface area contributed by atoms with Crippen LogP contribution in [0, 0.1) is 0 Å². The number of nitrogens with zero attached hydrogens (tertiary/aromatic N) is 2. The Balaban J connectivity index is 2.24. The van der Waals surface area contributed by atoms with E-state index in [9.17, 15) is 4.79 Å². The molecule has 0 saturated heterocycles. The average Bonchev–Trinajstić information content (AvgIpc) is 2.64. The van der Waals surface area contributed by atoms with Gasteiger partial charge in [0, 0.05) is 0 Å². The molecule has 1 unspecified atom stereocenters. The molecule has 0 aliphatic carbocycles. The third-order valence-electron chi connectivity index (χ3n) is 2.15. The number of H-pyrrole nitrogens is 1. The van der Waals surface area contributed by atoms with Crippen LogP contribution >= 0.6 is 0 Å². The zero-order chi connectivity index (χ0) is 10.8. The van der Waals surface area contributed by atoms with E-state index < -0.39 is 12.0 Å². The maximum Gasteiger partial charge on any atom is 0.320 e. The van der Waals surface area contributed by atoms with Gasteiger partial charge in [-0.15, -0.1) is 0 Å². The lowest BCUT2D eigenvalue weighted by atomic mass is 10.1. The molecule has 0 amide bonds. The molecule has 0 radical (unpaired) electrons. The number of nitrogens with one attached hydrogen (secondary N) is 1. The number of carbonyl (C=O) groups is 1. The molecule has 0 saturated carbocycles. The first-order chi connectivity index (χ1) is 7.16. The maximum atomic E-state index is 10.6. The Bertz CT molecular complexity index is 494. The Morgan fingerprint density at radius 1 is 1.47 bits per heavy atom. The molecule has 1 atom stereocenters. The van der Waals surface area contributed by atoms with Gasteiger partial charge in [0.15, 0.2) is 0 Å². The van der Waals surface area contributed by atoms with E-state index in [2.05, 4.69) is 15.4 Å². The molecule has 1 aromatic heterocycles. The number of aromatic nitrogens is 3. The van der Waals surface area contributed by atoms with E-state index in [1.807, 2.05) is 0 Å². The van der Waals surface area contributed by atoms with Crippen LogP contribution < -0.4 is 5.73 Å². The molecule has 6 heteroatoms. The number of hydrogen-bond donors (Lipinski definition) is 3. The fourth-order valence-corrected chi connectivity index (χ4v) is 1.35. The minimum absolute atomic E-state index is 0.290. The van der Waals surface area contributed by atoms with Crippen molar-refractivity contribution in [3.63, 3.8) is 0 Å². The van der Waals surface area contributed by atoms with E-state index in [1.165, 1.54) is 0 Å². The standard InChI is InChI=1S/C9H10N4O2/c10-6(9(14)15)3-5-1-2-7-8(4-5)12-13-11-7/h1-2,4,6H,3,10H2,(H,14,15)(H,11,12,13). The fourth-order valence-electron chi connectivity index (χ4n) is 1.35. The van der Waals surface area contributed by atoms with Gasteiger partial charge in [0.05, 0.1) is 0 Å². The van der Waals surface area contributed by atoms with Crippen molar-refractivity contribution in [2.75, 3.05) is 0 Å². The molecule has 78 valence electrons. The van der Waals surface area contributed by atoms with Gasteiger partial charge in [0.1, 0.15) is 17.1 Å². The monoisotopic (exact) mass is 206 g/mol. The highest BCUT2D eigenvalue weighted by atomic mass is 16.4. The first kappa shape index (κ1) is 9.60.